The molecule has 0 radical (unpaired) electrons. The predicted molar refractivity (Wildman–Crippen MR) is 79.2 cm³/mol. The Morgan fingerprint density at radius 3 is 2.62 bits per heavy atom. The van der Waals surface area contributed by atoms with Crippen molar-refractivity contribution in [1.82, 2.24) is 10.3 Å². The number of nitrogens with one attached hydrogen (secondary N) is 2. The molecule has 2 rings (SSSR count). The Bertz CT molecular complexity index is 537. The third-order valence-electron chi connectivity index (χ3n) is 4.14. The molecule has 0 unspecified atom stereocenters. The molecule has 6 heteroatoms. The van der Waals surface area contributed by atoms with Gasteiger partial charge in [0.15, 0.2) is 0 Å². The van der Waals surface area contributed by atoms with Crippen molar-refractivity contribution < 1.29 is 14.7 Å². The number of hydrogen-bond acceptors (Lipinski definition) is 4. The molecule has 1 fully saturated rings. The second kappa shape index (κ2) is 6.11. The van der Waals surface area contributed by atoms with Crippen LogP contribution < -0.4 is 10.6 Å². The molecule has 0 bridgehead atoms. The lowest BCUT2D eigenvalue weighted by atomic mass is 9.77. The summed E-state index contributed by atoms with van der Waals surface area (Å²) in [7, 11) is 1.53. The number of amides is 1. The van der Waals surface area contributed by atoms with Crippen molar-refractivity contribution in [2.24, 2.45) is 5.92 Å². The Morgan fingerprint density at radius 2 is 2.05 bits per heavy atom. The third-order valence-corrected chi connectivity index (χ3v) is 4.14. The van der Waals surface area contributed by atoms with Crippen LogP contribution in [0.15, 0.2) is 18.3 Å². The first kappa shape index (κ1) is 15.3. The zero-order chi connectivity index (χ0) is 15.5. The van der Waals surface area contributed by atoms with Gasteiger partial charge in [-0.15, -0.1) is 0 Å². The molecule has 1 heterocycles. The highest BCUT2D eigenvalue weighted by Gasteiger charge is 2.41. The van der Waals surface area contributed by atoms with Crippen LogP contribution in [0.3, 0.4) is 0 Å². The SMILES string of the molecule is CNC(=O)c1cc(NC2(C(=O)O)CCC(C)CC2)ccn1. The molecule has 6 nitrogen and oxygen atoms in total. The van der Waals surface area contributed by atoms with Gasteiger partial charge >= 0.3 is 5.97 Å². The molecule has 0 atom stereocenters. The lowest BCUT2D eigenvalue weighted by Crippen LogP contribution is -2.48. The van der Waals surface area contributed by atoms with Crippen LogP contribution in [0.2, 0.25) is 0 Å². The minimum absolute atomic E-state index is 0.271. The molecule has 1 aliphatic rings. The van der Waals surface area contributed by atoms with E-state index in [1.165, 1.54) is 13.2 Å². The molecule has 0 saturated heterocycles. The molecule has 1 aliphatic carbocycles. The summed E-state index contributed by atoms with van der Waals surface area (Å²) in [6.45, 7) is 2.14. The van der Waals surface area contributed by atoms with Gasteiger partial charge in [-0.1, -0.05) is 6.92 Å². The lowest BCUT2D eigenvalue weighted by molar-refractivity contribution is -0.143. The molecule has 3 N–H and O–H groups in total. The molecular weight excluding hydrogens is 270 g/mol. The van der Waals surface area contributed by atoms with E-state index < -0.39 is 11.5 Å². The molecule has 0 spiro atoms. The van der Waals surface area contributed by atoms with Crippen LogP contribution in [-0.2, 0) is 4.79 Å². The van der Waals surface area contributed by atoms with Gasteiger partial charge in [-0.25, -0.2) is 4.79 Å². The first-order chi connectivity index (χ1) is 9.97. The molecule has 21 heavy (non-hydrogen) atoms. The van der Waals surface area contributed by atoms with Crippen LogP contribution in [-0.4, -0.2) is 34.6 Å². The van der Waals surface area contributed by atoms with E-state index in [0.717, 1.165) is 12.8 Å². The van der Waals surface area contributed by atoms with Crippen molar-refractivity contribution >= 4 is 17.6 Å². The van der Waals surface area contributed by atoms with E-state index in [-0.39, 0.29) is 11.6 Å². The molecule has 1 aromatic rings. The van der Waals surface area contributed by atoms with Crippen LogP contribution in [0.1, 0.15) is 43.1 Å². The fourth-order valence-corrected chi connectivity index (χ4v) is 2.68. The summed E-state index contributed by atoms with van der Waals surface area (Å²) >= 11 is 0. The number of pyridine rings is 1. The second-order valence-electron chi connectivity index (χ2n) is 5.70. The molecule has 1 amide bonds. The summed E-state index contributed by atoms with van der Waals surface area (Å²) in [6, 6.07) is 3.27. The third kappa shape index (κ3) is 3.32. The van der Waals surface area contributed by atoms with Crippen LogP contribution in [0, 0.1) is 5.92 Å². The monoisotopic (exact) mass is 291 g/mol. The smallest absolute Gasteiger partial charge is 0.329 e. The Balaban J connectivity index is 2.22. The Morgan fingerprint density at radius 1 is 1.38 bits per heavy atom. The molecule has 0 aromatic carbocycles. The van der Waals surface area contributed by atoms with Gasteiger partial charge in [0.05, 0.1) is 0 Å². The zero-order valence-corrected chi connectivity index (χ0v) is 12.3. The van der Waals surface area contributed by atoms with Crippen molar-refractivity contribution in [3.8, 4) is 0 Å². The number of carbonyl (C=O) groups excluding carboxylic acids is 1. The van der Waals surface area contributed by atoms with Gasteiger partial charge < -0.3 is 15.7 Å². The highest BCUT2D eigenvalue weighted by atomic mass is 16.4. The molecular formula is C15H21N3O3. The first-order valence-corrected chi connectivity index (χ1v) is 7.16. The van der Waals surface area contributed by atoms with E-state index in [1.54, 1.807) is 12.1 Å². The van der Waals surface area contributed by atoms with Gasteiger partial charge in [0.2, 0.25) is 0 Å². The van der Waals surface area contributed by atoms with Crippen molar-refractivity contribution in [2.75, 3.05) is 12.4 Å². The van der Waals surface area contributed by atoms with Crippen LogP contribution in [0.25, 0.3) is 0 Å². The summed E-state index contributed by atoms with van der Waals surface area (Å²) < 4.78 is 0. The van der Waals surface area contributed by atoms with Crippen LogP contribution >= 0.6 is 0 Å². The molecule has 1 saturated carbocycles. The number of aliphatic carboxylic acids is 1. The Kier molecular flexibility index (Phi) is 4.45. The van der Waals surface area contributed by atoms with Crippen molar-refractivity contribution in [3.63, 3.8) is 0 Å². The quantitative estimate of drug-likeness (QED) is 0.788. The van der Waals surface area contributed by atoms with E-state index in [0.29, 0.717) is 24.4 Å². The molecule has 1 aromatic heterocycles. The maximum atomic E-state index is 11.7. The van der Waals surface area contributed by atoms with Gasteiger partial charge in [0.1, 0.15) is 11.2 Å². The van der Waals surface area contributed by atoms with Crippen molar-refractivity contribution in [2.45, 2.75) is 38.1 Å². The largest absolute Gasteiger partial charge is 0.480 e. The minimum atomic E-state index is -0.951. The Hall–Kier alpha value is -2.11. The fourth-order valence-electron chi connectivity index (χ4n) is 2.68. The van der Waals surface area contributed by atoms with Gasteiger partial charge in [-0.05, 0) is 43.7 Å². The fraction of sp³-hybridized carbons (Fsp3) is 0.533. The lowest BCUT2D eigenvalue weighted by Gasteiger charge is -2.37. The number of carbonyl (C=O) groups is 2. The normalized spacial score (nSPS) is 25.1. The van der Waals surface area contributed by atoms with E-state index in [2.05, 4.69) is 22.5 Å². The average molecular weight is 291 g/mol. The first-order valence-electron chi connectivity index (χ1n) is 7.16. The Labute approximate surface area is 124 Å². The van der Waals surface area contributed by atoms with Crippen molar-refractivity contribution in [1.29, 1.82) is 0 Å². The predicted octanol–water partition coefficient (Wildman–Crippen LogP) is 1.89. The summed E-state index contributed by atoms with van der Waals surface area (Å²) in [5, 5.41) is 15.2. The van der Waals surface area contributed by atoms with E-state index >= 15 is 0 Å². The summed E-state index contributed by atoms with van der Waals surface area (Å²) in [6.07, 6.45) is 4.44. The van der Waals surface area contributed by atoms with Crippen LogP contribution in [0.4, 0.5) is 5.69 Å². The summed E-state index contributed by atoms with van der Waals surface area (Å²) in [5.74, 6) is -0.578. The van der Waals surface area contributed by atoms with E-state index in [4.69, 9.17) is 0 Å². The van der Waals surface area contributed by atoms with Gasteiger partial charge in [-0.2, -0.15) is 0 Å². The number of rotatable bonds is 4. The number of carboxylic acids is 1. The minimum Gasteiger partial charge on any atom is -0.480 e. The number of aromatic nitrogens is 1. The van der Waals surface area contributed by atoms with E-state index in [1.807, 2.05) is 0 Å². The molecule has 0 aliphatic heterocycles. The van der Waals surface area contributed by atoms with Gasteiger partial charge in [0, 0.05) is 18.9 Å². The summed E-state index contributed by atoms with van der Waals surface area (Å²) in [5.41, 5.74) is -0.0684. The zero-order valence-electron chi connectivity index (χ0n) is 12.3. The standard InChI is InChI=1S/C15H21N3O3/c1-10-3-6-15(7-4-10,14(20)21)18-11-5-8-17-12(9-11)13(19)16-2/h5,8-10H,3-4,6-7H2,1-2H3,(H,16,19)(H,17,18)(H,20,21). The number of anilines is 1. The highest BCUT2D eigenvalue weighted by molar-refractivity contribution is 5.93. The maximum absolute atomic E-state index is 11.7. The number of hydrogen-bond donors (Lipinski definition) is 3. The average Bonchev–Trinajstić information content (AvgIpc) is 2.49. The molecule has 114 valence electrons. The van der Waals surface area contributed by atoms with Crippen molar-refractivity contribution in [3.05, 3.63) is 24.0 Å². The topological polar surface area (TPSA) is 91.3 Å². The van der Waals surface area contributed by atoms with E-state index in [9.17, 15) is 14.7 Å². The van der Waals surface area contributed by atoms with Gasteiger partial charge in [0.25, 0.3) is 5.91 Å². The van der Waals surface area contributed by atoms with Gasteiger partial charge in [-0.3, -0.25) is 9.78 Å². The number of carboxylic acid groups (broad SMARTS) is 1. The second-order valence-corrected chi connectivity index (χ2v) is 5.70. The maximum Gasteiger partial charge on any atom is 0.329 e. The van der Waals surface area contributed by atoms with Crippen LogP contribution in [0.5, 0.6) is 0 Å². The highest BCUT2D eigenvalue weighted by Crippen LogP contribution is 2.35. The summed E-state index contributed by atoms with van der Waals surface area (Å²) in [4.78, 5) is 27.3. The number of nitrogens with zero attached hydrogens (tertiary/aromatic N) is 1.